The lowest BCUT2D eigenvalue weighted by Gasteiger charge is -2.44. The number of fused-ring (bicyclic) bond motifs is 1. The van der Waals surface area contributed by atoms with Gasteiger partial charge < -0.3 is 15.3 Å². The molecular formula is C13H18N2O7S2. The lowest BCUT2D eigenvalue weighted by Crippen LogP contribution is -2.62. The zero-order valence-corrected chi connectivity index (χ0v) is 14.7. The maximum atomic E-state index is 12.2. The monoisotopic (exact) mass is 378 g/mol. The molecule has 2 heterocycles. The largest absolute Gasteiger partial charge is 0.477 e. The Hall–Kier alpha value is -1.59. The summed E-state index contributed by atoms with van der Waals surface area (Å²) in [6.07, 6.45) is 0.225. The minimum atomic E-state index is -4.39. The van der Waals surface area contributed by atoms with Gasteiger partial charge in [0.2, 0.25) is 11.8 Å². The van der Waals surface area contributed by atoms with Crippen molar-refractivity contribution < 1.29 is 32.5 Å². The summed E-state index contributed by atoms with van der Waals surface area (Å²) in [6, 6.07) is -0.580. The molecule has 1 fully saturated rings. The lowest BCUT2D eigenvalue weighted by atomic mass is 9.85. The number of hydrogen-bond acceptors (Lipinski definition) is 6. The first-order chi connectivity index (χ1) is 11.1. The Morgan fingerprint density at radius 2 is 2.08 bits per heavy atom. The summed E-state index contributed by atoms with van der Waals surface area (Å²) in [5.41, 5.74) is -0.142. The Bertz CT molecular complexity index is 716. The Balaban J connectivity index is 2.12. The summed E-state index contributed by atoms with van der Waals surface area (Å²) in [5, 5.41) is 10.6. The molecule has 3 N–H and O–H groups in total. The van der Waals surface area contributed by atoms with Gasteiger partial charge in [0.15, 0.2) is 0 Å². The summed E-state index contributed by atoms with van der Waals surface area (Å²) in [5.74, 6) is -2.59. The first-order valence-corrected chi connectivity index (χ1v) is 9.67. The van der Waals surface area contributed by atoms with Crippen molar-refractivity contribution in [3.8, 4) is 0 Å². The molecular weight excluding hydrogens is 360 g/mol. The van der Waals surface area contributed by atoms with Crippen molar-refractivity contribution in [2.45, 2.75) is 31.6 Å². The van der Waals surface area contributed by atoms with Crippen LogP contribution in [0.4, 0.5) is 0 Å². The predicted molar refractivity (Wildman–Crippen MR) is 85.6 cm³/mol. The number of carboxylic acid groups (broad SMARTS) is 1. The molecule has 134 valence electrons. The number of rotatable bonds is 7. The predicted octanol–water partition coefficient (Wildman–Crippen LogP) is -0.341. The molecule has 0 aliphatic carbocycles. The SMILES string of the molecule is CC(=O)NCCSC1=C(C(=O)O)N2C(=O)[C@@H]([C@H](C)S(=O)(=O)O)[C@H]2C1. The molecule has 0 saturated carbocycles. The van der Waals surface area contributed by atoms with Gasteiger partial charge in [0.05, 0.1) is 17.2 Å². The minimum Gasteiger partial charge on any atom is -0.477 e. The summed E-state index contributed by atoms with van der Waals surface area (Å²) >= 11 is 1.21. The number of hydrogen-bond donors (Lipinski definition) is 3. The zero-order chi connectivity index (χ0) is 18.2. The summed E-state index contributed by atoms with van der Waals surface area (Å²) < 4.78 is 31.7. The van der Waals surface area contributed by atoms with Crippen LogP contribution in [0.5, 0.6) is 0 Å². The van der Waals surface area contributed by atoms with Crippen molar-refractivity contribution in [3.05, 3.63) is 10.6 Å². The zero-order valence-electron chi connectivity index (χ0n) is 13.1. The molecule has 2 rings (SSSR count). The van der Waals surface area contributed by atoms with Crippen LogP contribution in [-0.4, -0.2) is 64.4 Å². The summed E-state index contributed by atoms with van der Waals surface area (Å²) in [6.45, 7) is 2.95. The Morgan fingerprint density at radius 1 is 1.46 bits per heavy atom. The summed E-state index contributed by atoms with van der Waals surface area (Å²) in [4.78, 5) is 36.0. The van der Waals surface area contributed by atoms with E-state index in [0.717, 1.165) is 4.90 Å². The molecule has 3 atom stereocenters. The Kier molecular flexibility index (Phi) is 5.25. The topological polar surface area (TPSA) is 141 Å². The van der Waals surface area contributed by atoms with Gasteiger partial charge in [-0.1, -0.05) is 0 Å². The van der Waals surface area contributed by atoms with Crippen LogP contribution in [-0.2, 0) is 24.5 Å². The molecule has 0 radical (unpaired) electrons. The van der Waals surface area contributed by atoms with Crippen molar-refractivity contribution in [2.75, 3.05) is 12.3 Å². The molecule has 1 saturated heterocycles. The van der Waals surface area contributed by atoms with Gasteiger partial charge >= 0.3 is 5.97 Å². The van der Waals surface area contributed by atoms with E-state index in [0.29, 0.717) is 17.2 Å². The van der Waals surface area contributed by atoms with Crippen molar-refractivity contribution >= 4 is 39.7 Å². The second-order valence-corrected chi connectivity index (χ2v) is 8.60. The molecule has 0 aromatic carbocycles. The molecule has 2 aliphatic heterocycles. The standard InChI is InChI=1S/C13H18N2O7S2/c1-6(24(20,21)22)10-8-5-9(23-4-3-14-7(2)16)11(13(18)19)15(8)12(10)17/h6,8,10H,3-5H2,1-2H3,(H,14,16)(H,18,19)(H,20,21,22)/t6-,8+,10-/m0/s1. The van der Waals surface area contributed by atoms with Gasteiger partial charge in [-0.3, -0.25) is 14.1 Å². The Labute approximate surface area is 143 Å². The number of carbonyl (C=O) groups excluding carboxylic acids is 2. The third-order valence-corrected chi connectivity index (χ3v) is 6.45. The Morgan fingerprint density at radius 3 is 2.58 bits per heavy atom. The first-order valence-electron chi connectivity index (χ1n) is 7.18. The third-order valence-electron chi connectivity index (χ3n) is 4.10. The van der Waals surface area contributed by atoms with E-state index in [9.17, 15) is 27.9 Å². The molecule has 0 bridgehead atoms. The van der Waals surface area contributed by atoms with Gasteiger partial charge in [0.1, 0.15) is 5.70 Å². The van der Waals surface area contributed by atoms with E-state index in [1.807, 2.05) is 0 Å². The fraction of sp³-hybridized carbons (Fsp3) is 0.615. The second kappa shape index (κ2) is 6.73. The number of aliphatic carboxylic acids is 1. The molecule has 2 aliphatic rings. The minimum absolute atomic E-state index is 0.142. The summed E-state index contributed by atoms with van der Waals surface area (Å²) in [7, 11) is -4.39. The van der Waals surface area contributed by atoms with Crippen LogP contribution in [0.2, 0.25) is 0 Å². The van der Waals surface area contributed by atoms with E-state index in [4.69, 9.17) is 4.55 Å². The molecule has 24 heavy (non-hydrogen) atoms. The van der Waals surface area contributed by atoms with E-state index in [2.05, 4.69) is 5.32 Å². The average molecular weight is 378 g/mol. The van der Waals surface area contributed by atoms with E-state index in [1.165, 1.54) is 25.6 Å². The highest BCUT2D eigenvalue weighted by atomic mass is 32.2. The smallest absolute Gasteiger partial charge is 0.353 e. The second-order valence-electron chi connectivity index (χ2n) is 5.63. The lowest BCUT2D eigenvalue weighted by molar-refractivity contribution is -0.154. The van der Waals surface area contributed by atoms with Crippen LogP contribution >= 0.6 is 11.8 Å². The molecule has 0 aromatic heterocycles. The molecule has 11 heteroatoms. The number of thioether (sulfide) groups is 1. The van der Waals surface area contributed by atoms with Crippen LogP contribution < -0.4 is 5.32 Å². The number of carbonyl (C=O) groups is 3. The molecule has 0 aromatic rings. The first kappa shape index (κ1) is 18.7. The van der Waals surface area contributed by atoms with E-state index in [1.54, 1.807) is 0 Å². The average Bonchev–Trinajstić information content (AvgIpc) is 2.77. The van der Waals surface area contributed by atoms with Gasteiger partial charge in [-0.2, -0.15) is 8.42 Å². The van der Waals surface area contributed by atoms with Gasteiger partial charge in [0.25, 0.3) is 10.1 Å². The maximum absolute atomic E-state index is 12.2. The van der Waals surface area contributed by atoms with Gasteiger partial charge in [-0.25, -0.2) is 4.79 Å². The van der Waals surface area contributed by atoms with Crippen LogP contribution in [0, 0.1) is 5.92 Å². The highest BCUT2D eigenvalue weighted by Gasteiger charge is 2.58. The number of nitrogens with one attached hydrogen (secondary N) is 1. The number of carboxylic acids is 1. The van der Waals surface area contributed by atoms with Crippen molar-refractivity contribution in [2.24, 2.45) is 5.92 Å². The van der Waals surface area contributed by atoms with Gasteiger partial charge in [-0.15, -0.1) is 11.8 Å². The van der Waals surface area contributed by atoms with Crippen LogP contribution in [0.3, 0.4) is 0 Å². The van der Waals surface area contributed by atoms with Gasteiger partial charge in [-0.05, 0) is 6.92 Å². The van der Waals surface area contributed by atoms with Crippen molar-refractivity contribution in [3.63, 3.8) is 0 Å². The van der Waals surface area contributed by atoms with E-state index >= 15 is 0 Å². The van der Waals surface area contributed by atoms with Crippen molar-refractivity contribution in [1.29, 1.82) is 0 Å². The normalized spacial score (nSPS) is 24.5. The van der Waals surface area contributed by atoms with Gasteiger partial charge in [0, 0.05) is 30.5 Å². The molecule has 0 unspecified atom stereocenters. The van der Waals surface area contributed by atoms with Crippen LogP contribution in [0.15, 0.2) is 10.6 Å². The number of β-lactam (4-membered cyclic amide) rings is 1. The van der Waals surface area contributed by atoms with E-state index < -0.39 is 39.2 Å². The third kappa shape index (κ3) is 3.42. The molecule has 0 spiro atoms. The number of amides is 2. The van der Waals surface area contributed by atoms with E-state index in [-0.39, 0.29) is 18.0 Å². The highest BCUT2D eigenvalue weighted by Crippen LogP contribution is 2.47. The molecule has 9 nitrogen and oxygen atoms in total. The van der Waals surface area contributed by atoms with Crippen LogP contribution in [0.1, 0.15) is 20.3 Å². The maximum Gasteiger partial charge on any atom is 0.353 e. The fourth-order valence-electron chi connectivity index (χ4n) is 2.93. The molecule has 2 amide bonds. The fourth-order valence-corrected chi connectivity index (χ4v) is 4.66. The highest BCUT2D eigenvalue weighted by molar-refractivity contribution is 8.03. The quantitative estimate of drug-likeness (QED) is 0.310. The van der Waals surface area contributed by atoms with Crippen molar-refractivity contribution in [1.82, 2.24) is 10.2 Å². The number of nitrogens with zero attached hydrogens (tertiary/aromatic N) is 1. The van der Waals surface area contributed by atoms with Crippen LogP contribution in [0.25, 0.3) is 0 Å².